The van der Waals surface area contributed by atoms with Crippen LogP contribution in [0.4, 0.5) is 13.2 Å². The zero-order valence-corrected chi connectivity index (χ0v) is 8.57. The van der Waals surface area contributed by atoms with E-state index in [4.69, 9.17) is 0 Å². The summed E-state index contributed by atoms with van der Waals surface area (Å²) in [6.07, 6.45) is -7.22. The van der Waals surface area contributed by atoms with Crippen LogP contribution in [0.25, 0.3) is 0 Å². The Hall–Kier alpha value is -1.56. The Morgan fingerprint density at radius 1 is 1.35 bits per heavy atom. The first-order valence-electron chi connectivity index (χ1n) is 4.93. The molecule has 0 amide bonds. The van der Waals surface area contributed by atoms with Gasteiger partial charge in [0.15, 0.2) is 6.10 Å². The number of ether oxygens (including phenoxy) is 1. The smallest absolute Gasteiger partial charge is 0.448 e. The third kappa shape index (κ3) is 2.26. The largest absolute Gasteiger partial charge is 0.490 e. The van der Waals surface area contributed by atoms with Gasteiger partial charge in [0.05, 0.1) is 6.10 Å². The second-order valence-corrected chi connectivity index (χ2v) is 3.79. The Kier molecular flexibility index (Phi) is 2.82. The molecule has 0 spiro atoms. The summed E-state index contributed by atoms with van der Waals surface area (Å²) < 4.78 is 40.4. The number of alkyl halides is 3. The summed E-state index contributed by atoms with van der Waals surface area (Å²) in [7, 11) is 0. The van der Waals surface area contributed by atoms with Gasteiger partial charge < -0.3 is 9.84 Å². The van der Waals surface area contributed by atoms with Gasteiger partial charge in [-0.05, 0) is 11.1 Å². The zero-order chi connectivity index (χ0) is 12.6. The van der Waals surface area contributed by atoms with Crippen molar-refractivity contribution in [2.45, 2.75) is 24.8 Å². The first-order valence-corrected chi connectivity index (χ1v) is 4.93. The number of hydrogen-bond donors (Lipinski definition) is 1. The summed E-state index contributed by atoms with van der Waals surface area (Å²) in [5, 5.41) is 9.58. The minimum absolute atomic E-state index is 0.186. The van der Waals surface area contributed by atoms with Crippen molar-refractivity contribution in [1.29, 1.82) is 0 Å². The molecule has 0 heterocycles. The van der Waals surface area contributed by atoms with Gasteiger partial charge in [-0.2, -0.15) is 13.2 Å². The van der Waals surface area contributed by atoms with Crippen molar-refractivity contribution in [2.24, 2.45) is 0 Å². The van der Waals surface area contributed by atoms with Gasteiger partial charge in [-0.1, -0.05) is 24.3 Å². The van der Waals surface area contributed by atoms with Gasteiger partial charge in [-0.3, -0.25) is 0 Å². The summed E-state index contributed by atoms with van der Waals surface area (Å²) in [4.78, 5) is 10.7. The summed E-state index contributed by atoms with van der Waals surface area (Å²) >= 11 is 0. The molecule has 1 N–H and O–H groups in total. The standard InChI is InChI=1S/C11H9F3O3/c12-11(13,14)10(16)17-9-7-4-2-1-3-6(7)5-8(9)15/h1-4,8-9,15H,5H2. The molecule has 1 aromatic carbocycles. The quantitative estimate of drug-likeness (QED) is 0.768. The summed E-state index contributed by atoms with van der Waals surface area (Å²) in [5.74, 6) is -2.28. The molecule has 0 aliphatic heterocycles. The molecule has 1 aliphatic carbocycles. The van der Waals surface area contributed by atoms with Crippen LogP contribution in [0.15, 0.2) is 24.3 Å². The molecule has 6 heteroatoms. The highest BCUT2D eigenvalue weighted by Crippen LogP contribution is 2.35. The van der Waals surface area contributed by atoms with Gasteiger partial charge in [0.25, 0.3) is 0 Å². The third-order valence-corrected chi connectivity index (χ3v) is 2.61. The van der Waals surface area contributed by atoms with Crippen LogP contribution in [0.3, 0.4) is 0 Å². The number of carbonyl (C=O) groups excluding carboxylic acids is 1. The van der Waals surface area contributed by atoms with Crippen LogP contribution in [0.5, 0.6) is 0 Å². The molecule has 0 aromatic heterocycles. The van der Waals surface area contributed by atoms with E-state index in [-0.39, 0.29) is 6.42 Å². The Balaban J connectivity index is 2.20. The summed E-state index contributed by atoms with van der Waals surface area (Å²) in [6, 6.07) is 6.55. The maximum Gasteiger partial charge on any atom is 0.490 e. The predicted molar refractivity (Wildman–Crippen MR) is 51.0 cm³/mol. The minimum atomic E-state index is -5.04. The Morgan fingerprint density at radius 2 is 2.00 bits per heavy atom. The maximum atomic E-state index is 12.0. The third-order valence-electron chi connectivity index (χ3n) is 2.61. The van der Waals surface area contributed by atoms with Gasteiger partial charge in [0.1, 0.15) is 0 Å². The number of benzene rings is 1. The van der Waals surface area contributed by atoms with Crippen molar-refractivity contribution >= 4 is 5.97 Å². The molecule has 0 radical (unpaired) electrons. The highest BCUT2D eigenvalue weighted by molar-refractivity contribution is 5.76. The maximum absolute atomic E-state index is 12.0. The lowest BCUT2D eigenvalue weighted by atomic mass is 10.1. The molecule has 17 heavy (non-hydrogen) atoms. The van der Waals surface area contributed by atoms with Crippen LogP contribution >= 0.6 is 0 Å². The Morgan fingerprint density at radius 3 is 2.65 bits per heavy atom. The number of esters is 1. The molecule has 2 unspecified atom stereocenters. The van der Waals surface area contributed by atoms with Crippen LogP contribution in [-0.2, 0) is 16.0 Å². The van der Waals surface area contributed by atoms with Crippen molar-refractivity contribution in [2.75, 3.05) is 0 Å². The van der Waals surface area contributed by atoms with Crippen molar-refractivity contribution in [1.82, 2.24) is 0 Å². The zero-order valence-electron chi connectivity index (χ0n) is 8.57. The van der Waals surface area contributed by atoms with Gasteiger partial charge in [0, 0.05) is 6.42 Å². The average Bonchev–Trinajstić information content (AvgIpc) is 2.54. The SMILES string of the molecule is O=C(OC1c2ccccc2CC1O)C(F)(F)F. The van der Waals surface area contributed by atoms with Gasteiger partial charge in [-0.25, -0.2) is 4.79 Å². The van der Waals surface area contributed by atoms with Crippen LogP contribution in [0.2, 0.25) is 0 Å². The Bertz CT molecular complexity index is 442. The number of carbonyl (C=O) groups is 1. The summed E-state index contributed by atoms with van der Waals surface area (Å²) in [6.45, 7) is 0. The first kappa shape index (κ1) is 11.9. The second-order valence-electron chi connectivity index (χ2n) is 3.79. The molecule has 2 atom stereocenters. The lowest BCUT2D eigenvalue weighted by Crippen LogP contribution is -2.30. The van der Waals surface area contributed by atoms with Crippen molar-refractivity contribution < 1.29 is 27.8 Å². The Labute approximate surface area is 94.8 Å². The number of hydrogen-bond acceptors (Lipinski definition) is 3. The van der Waals surface area contributed by atoms with E-state index in [1.165, 1.54) is 0 Å². The highest BCUT2D eigenvalue weighted by atomic mass is 19.4. The molecule has 0 fully saturated rings. The second kappa shape index (κ2) is 4.03. The van der Waals surface area contributed by atoms with Gasteiger partial charge in [0.2, 0.25) is 0 Å². The van der Waals surface area contributed by atoms with E-state index in [0.717, 1.165) is 0 Å². The molecule has 0 saturated carbocycles. The molecule has 0 saturated heterocycles. The van der Waals surface area contributed by atoms with E-state index in [1.54, 1.807) is 24.3 Å². The molecule has 3 nitrogen and oxygen atoms in total. The molecule has 2 rings (SSSR count). The fourth-order valence-electron chi connectivity index (χ4n) is 1.86. The molecule has 1 aliphatic rings. The lowest BCUT2D eigenvalue weighted by molar-refractivity contribution is -0.209. The van der Waals surface area contributed by atoms with Crippen molar-refractivity contribution in [3.63, 3.8) is 0 Å². The highest BCUT2D eigenvalue weighted by Gasteiger charge is 2.45. The fourth-order valence-corrected chi connectivity index (χ4v) is 1.86. The normalized spacial score (nSPS) is 23.3. The molecule has 1 aromatic rings. The molecular weight excluding hydrogens is 237 g/mol. The monoisotopic (exact) mass is 246 g/mol. The average molecular weight is 246 g/mol. The van der Waals surface area contributed by atoms with Gasteiger partial charge in [-0.15, -0.1) is 0 Å². The van der Waals surface area contributed by atoms with E-state index in [0.29, 0.717) is 11.1 Å². The number of aliphatic hydroxyl groups is 1. The molecule has 0 bridgehead atoms. The van der Waals surface area contributed by atoms with Crippen molar-refractivity contribution in [3.05, 3.63) is 35.4 Å². The van der Waals surface area contributed by atoms with Crippen LogP contribution < -0.4 is 0 Å². The first-order chi connectivity index (χ1) is 7.89. The van der Waals surface area contributed by atoms with Crippen LogP contribution in [0, 0.1) is 0 Å². The number of aliphatic hydroxyl groups excluding tert-OH is 1. The molecule has 92 valence electrons. The van der Waals surface area contributed by atoms with Crippen LogP contribution in [-0.4, -0.2) is 23.4 Å². The van der Waals surface area contributed by atoms with E-state index >= 15 is 0 Å². The number of halogens is 3. The van der Waals surface area contributed by atoms with Gasteiger partial charge >= 0.3 is 12.1 Å². The van der Waals surface area contributed by atoms with Crippen molar-refractivity contribution in [3.8, 4) is 0 Å². The lowest BCUT2D eigenvalue weighted by Gasteiger charge is -2.17. The fraction of sp³-hybridized carbons (Fsp3) is 0.364. The summed E-state index contributed by atoms with van der Waals surface area (Å²) in [5.41, 5.74) is 1.12. The van der Waals surface area contributed by atoms with E-state index in [1.807, 2.05) is 0 Å². The number of fused-ring (bicyclic) bond motifs is 1. The number of rotatable bonds is 1. The van der Waals surface area contributed by atoms with E-state index in [2.05, 4.69) is 4.74 Å². The van der Waals surface area contributed by atoms with E-state index in [9.17, 15) is 23.1 Å². The minimum Gasteiger partial charge on any atom is -0.448 e. The van der Waals surface area contributed by atoms with E-state index < -0.39 is 24.4 Å². The predicted octanol–water partition coefficient (Wildman–Crippen LogP) is 1.75. The topological polar surface area (TPSA) is 46.5 Å². The van der Waals surface area contributed by atoms with Crippen LogP contribution in [0.1, 0.15) is 17.2 Å². The molecular formula is C11H9F3O3.